The third-order valence-electron chi connectivity index (χ3n) is 4.31. The number of halogens is 6. The molecule has 0 aliphatic rings. The maximum atomic E-state index is 13.1. The Morgan fingerprint density at radius 1 is 1.15 bits per heavy atom. The fraction of sp³-hybridized carbons (Fsp3) is 0.250. The molecule has 33 heavy (non-hydrogen) atoms. The lowest BCUT2D eigenvalue weighted by atomic mass is 10.1. The van der Waals surface area contributed by atoms with E-state index in [1.807, 2.05) is 13.0 Å². The number of hydrogen-bond donors (Lipinski definition) is 2. The molecule has 0 saturated heterocycles. The molecule has 0 atom stereocenters. The Hall–Kier alpha value is -3.35. The Kier molecular flexibility index (Phi) is 6.81. The van der Waals surface area contributed by atoms with Crippen LogP contribution in [0.1, 0.15) is 11.1 Å². The number of aromatic nitrogens is 3. The molecule has 3 aromatic rings. The number of nitrogens with zero attached hydrogens (tertiary/aromatic N) is 2. The molecule has 0 fully saturated rings. The number of nitrogens with one attached hydrogen (secondary N) is 2. The number of ether oxygens (including phenoxy) is 1. The normalized spacial score (nSPS) is 12.0. The molecule has 0 aliphatic heterocycles. The Balaban J connectivity index is 1.88. The molecule has 0 spiro atoms. The number of H-pyrrole nitrogens is 1. The van der Waals surface area contributed by atoms with Crippen LogP contribution >= 0.6 is 12.2 Å². The predicted octanol–water partition coefficient (Wildman–Crippen LogP) is 5.51. The van der Waals surface area contributed by atoms with Gasteiger partial charge in [-0.3, -0.25) is 14.5 Å². The summed E-state index contributed by atoms with van der Waals surface area (Å²) in [6.45, 7) is -0.364. The fourth-order valence-electron chi connectivity index (χ4n) is 2.89. The zero-order valence-electron chi connectivity index (χ0n) is 16.8. The van der Waals surface area contributed by atoms with Crippen molar-refractivity contribution in [2.24, 2.45) is 0 Å². The highest BCUT2D eigenvalue weighted by Gasteiger charge is 2.33. The second-order valence-corrected chi connectivity index (χ2v) is 7.36. The third-order valence-corrected chi connectivity index (χ3v) is 4.62. The van der Waals surface area contributed by atoms with Gasteiger partial charge in [-0.15, -0.1) is 0 Å². The number of carbonyl (C=O) groups is 1. The van der Waals surface area contributed by atoms with Gasteiger partial charge in [0.05, 0.1) is 11.3 Å². The van der Waals surface area contributed by atoms with Gasteiger partial charge in [0.2, 0.25) is 5.91 Å². The van der Waals surface area contributed by atoms with Gasteiger partial charge < -0.3 is 10.1 Å². The molecule has 176 valence electrons. The maximum Gasteiger partial charge on any atom is 0.422 e. The Morgan fingerprint density at radius 2 is 1.88 bits per heavy atom. The van der Waals surface area contributed by atoms with Crippen molar-refractivity contribution in [1.29, 1.82) is 0 Å². The van der Waals surface area contributed by atoms with E-state index in [0.717, 1.165) is 5.56 Å². The molecular weight excluding hydrogens is 474 g/mol. The topological polar surface area (TPSA) is 71.9 Å². The minimum atomic E-state index is -4.78. The number of amides is 1. The summed E-state index contributed by atoms with van der Waals surface area (Å²) in [5, 5.41) is 8.79. The molecule has 0 radical (unpaired) electrons. The number of carbonyl (C=O) groups excluding carboxylic acids is 1. The zero-order chi connectivity index (χ0) is 24.4. The number of rotatable bonds is 6. The van der Waals surface area contributed by atoms with Gasteiger partial charge in [-0.2, -0.15) is 31.4 Å². The minimum Gasteiger partial charge on any atom is -0.482 e. The van der Waals surface area contributed by atoms with Crippen LogP contribution in [0.2, 0.25) is 0 Å². The number of aryl methyl sites for hydroxylation is 1. The number of benzene rings is 2. The van der Waals surface area contributed by atoms with Gasteiger partial charge in [0.25, 0.3) is 0 Å². The summed E-state index contributed by atoms with van der Waals surface area (Å²) >= 11 is 5.13. The summed E-state index contributed by atoms with van der Waals surface area (Å²) in [5.74, 6) is -1.11. The van der Waals surface area contributed by atoms with Crippen LogP contribution in [0.25, 0.3) is 11.4 Å². The van der Waals surface area contributed by atoms with Crippen LogP contribution in [0.15, 0.2) is 42.5 Å². The van der Waals surface area contributed by atoms with Crippen molar-refractivity contribution in [3.63, 3.8) is 0 Å². The second-order valence-electron chi connectivity index (χ2n) is 6.97. The van der Waals surface area contributed by atoms with Crippen molar-refractivity contribution in [1.82, 2.24) is 14.8 Å². The SMILES string of the molecule is Cc1cccc(-c2n[nH]c(=S)n2CC(=O)Nc2cc(C(F)(F)F)ccc2OCC(F)(F)F)c1. The lowest BCUT2D eigenvalue weighted by Gasteiger charge is -2.16. The summed E-state index contributed by atoms with van der Waals surface area (Å²) in [6.07, 6.45) is -9.51. The molecule has 0 aliphatic carbocycles. The van der Waals surface area contributed by atoms with E-state index in [2.05, 4.69) is 20.3 Å². The van der Waals surface area contributed by atoms with Crippen molar-refractivity contribution in [2.45, 2.75) is 25.8 Å². The quantitative estimate of drug-likeness (QED) is 0.353. The van der Waals surface area contributed by atoms with Gasteiger partial charge in [0.1, 0.15) is 12.3 Å². The van der Waals surface area contributed by atoms with Crippen LogP contribution in [-0.2, 0) is 17.5 Å². The smallest absolute Gasteiger partial charge is 0.422 e. The molecule has 0 saturated carbocycles. The number of anilines is 1. The van der Waals surface area contributed by atoms with Crippen molar-refractivity contribution < 1.29 is 35.9 Å². The van der Waals surface area contributed by atoms with Gasteiger partial charge in [-0.05, 0) is 43.4 Å². The molecule has 2 aromatic carbocycles. The van der Waals surface area contributed by atoms with E-state index in [1.54, 1.807) is 18.2 Å². The van der Waals surface area contributed by atoms with E-state index < -0.39 is 48.4 Å². The summed E-state index contributed by atoms with van der Waals surface area (Å²) in [7, 11) is 0. The highest BCUT2D eigenvalue weighted by molar-refractivity contribution is 7.71. The summed E-state index contributed by atoms with van der Waals surface area (Å²) < 4.78 is 82.7. The molecule has 13 heteroatoms. The third kappa shape index (κ3) is 6.34. The van der Waals surface area contributed by atoms with Gasteiger partial charge >= 0.3 is 12.4 Å². The van der Waals surface area contributed by atoms with E-state index in [1.165, 1.54) is 4.57 Å². The van der Waals surface area contributed by atoms with E-state index in [9.17, 15) is 31.1 Å². The summed E-state index contributed by atoms with van der Waals surface area (Å²) in [5.41, 5.74) is -0.194. The molecule has 1 heterocycles. The summed E-state index contributed by atoms with van der Waals surface area (Å²) in [4.78, 5) is 12.6. The van der Waals surface area contributed by atoms with Gasteiger partial charge in [-0.1, -0.05) is 23.8 Å². The predicted molar refractivity (Wildman–Crippen MR) is 109 cm³/mol. The lowest BCUT2D eigenvalue weighted by molar-refractivity contribution is -0.153. The van der Waals surface area contributed by atoms with Gasteiger partial charge in [0.15, 0.2) is 17.2 Å². The first-order valence-corrected chi connectivity index (χ1v) is 9.67. The Bertz CT molecular complexity index is 1220. The lowest BCUT2D eigenvalue weighted by Crippen LogP contribution is -2.22. The molecule has 0 unspecified atom stereocenters. The maximum absolute atomic E-state index is 13.1. The number of hydrogen-bond acceptors (Lipinski definition) is 4. The first kappa shape index (κ1) is 24.3. The molecule has 3 rings (SSSR count). The monoisotopic (exact) mass is 490 g/mol. The summed E-state index contributed by atoms with van der Waals surface area (Å²) in [6, 6.07) is 8.89. The standard InChI is InChI=1S/C20H16F6N4O2S/c1-11-3-2-4-12(7-11)17-28-29-18(33)30(17)9-16(31)27-14-8-13(20(24,25)26)5-6-15(14)32-10-19(21,22)23/h2-8H,9-10H2,1H3,(H,27,31)(H,29,33). The van der Waals surface area contributed by atoms with Gasteiger partial charge in [0, 0.05) is 5.56 Å². The first-order valence-electron chi connectivity index (χ1n) is 9.26. The average Bonchev–Trinajstić information content (AvgIpc) is 3.06. The van der Waals surface area contributed by atoms with Crippen molar-refractivity contribution in [3.8, 4) is 17.1 Å². The minimum absolute atomic E-state index is 0.0687. The van der Waals surface area contributed by atoms with Crippen molar-refractivity contribution in [2.75, 3.05) is 11.9 Å². The van der Waals surface area contributed by atoms with Crippen LogP contribution in [0.5, 0.6) is 5.75 Å². The highest BCUT2D eigenvalue weighted by atomic mass is 32.1. The van der Waals surface area contributed by atoms with E-state index >= 15 is 0 Å². The van der Waals surface area contributed by atoms with Crippen LogP contribution in [0, 0.1) is 11.7 Å². The van der Waals surface area contributed by atoms with E-state index in [4.69, 9.17) is 12.2 Å². The average molecular weight is 490 g/mol. The van der Waals surface area contributed by atoms with E-state index in [-0.39, 0.29) is 4.77 Å². The highest BCUT2D eigenvalue weighted by Crippen LogP contribution is 2.35. The molecule has 2 N–H and O–H groups in total. The van der Waals surface area contributed by atoms with Crippen LogP contribution in [-0.4, -0.2) is 33.5 Å². The largest absolute Gasteiger partial charge is 0.482 e. The molecular formula is C20H16F6N4O2S. The molecule has 1 amide bonds. The van der Waals surface area contributed by atoms with Crippen LogP contribution in [0.4, 0.5) is 32.0 Å². The van der Waals surface area contributed by atoms with Crippen molar-refractivity contribution >= 4 is 23.8 Å². The van der Waals surface area contributed by atoms with Crippen molar-refractivity contribution in [3.05, 3.63) is 58.4 Å². The second kappa shape index (κ2) is 9.25. The molecule has 1 aromatic heterocycles. The molecule has 6 nitrogen and oxygen atoms in total. The number of alkyl halides is 6. The Labute approximate surface area is 188 Å². The first-order chi connectivity index (χ1) is 15.3. The fourth-order valence-corrected chi connectivity index (χ4v) is 3.09. The van der Waals surface area contributed by atoms with Crippen LogP contribution < -0.4 is 10.1 Å². The van der Waals surface area contributed by atoms with Crippen LogP contribution in [0.3, 0.4) is 0 Å². The van der Waals surface area contributed by atoms with E-state index in [0.29, 0.717) is 29.6 Å². The number of aromatic amines is 1. The van der Waals surface area contributed by atoms with Gasteiger partial charge in [-0.25, -0.2) is 0 Å². The molecule has 0 bridgehead atoms. The Morgan fingerprint density at radius 3 is 2.52 bits per heavy atom. The zero-order valence-corrected chi connectivity index (χ0v) is 17.7.